The third-order valence-corrected chi connectivity index (χ3v) is 6.17. The Labute approximate surface area is 183 Å². The van der Waals surface area contributed by atoms with Crippen LogP contribution >= 0.6 is 11.3 Å². The van der Waals surface area contributed by atoms with Crippen LogP contribution in [0.2, 0.25) is 0 Å². The highest BCUT2D eigenvalue weighted by Gasteiger charge is 2.30. The first kappa shape index (κ1) is 20.5. The van der Waals surface area contributed by atoms with E-state index in [0.717, 1.165) is 24.2 Å². The predicted octanol–water partition coefficient (Wildman–Crippen LogP) is 3.90. The van der Waals surface area contributed by atoms with Crippen LogP contribution in [0.3, 0.4) is 0 Å². The SMILES string of the molecule is N#Cc1cccc(NC(=O)c2sc(NCc3ccco3)c(C(=O)N3CCCC3)c2N)c1. The van der Waals surface area contributed by atoms with Gasteiger partial charge in [0.1, 0.15) is 15.6 Å². The molecular weight excluding hydrogens is 414 g/mol. The summed E-state index contributed by atoms with van der Waals surface area (Å²) in [6.07, 6.45) is 3.48. The van der Waals surface area contributed by atoms with E-state index >= 15 is 0 Å². The van der Waals surface area contributed by atoms with E-state index in [0.29, 0.717) is 47.2 Å². The zero-order valence-electron chi connectivity index (χ0n) is 16.7. The number of carbonyl (C=O) groups is 2. The molecule has 0 radical (unpaired) electrons. The van der Waals surface area contributed by atoms with Crippen LogP contribution in [0.1, 0.15) is 44.2 Å². The van der Waals surface area contributed by atoms with Crippen molar-refractivity contribution < 1.29 is 14.0 Å². The molecular formula is C22H21N5O3S. The van der Waals surface area contributed by atoms with E-state index in [1.54, 1.807) is 41.5 Å². The molecule has 31 heavy (non-hydrogen) atoms. The highest BCUT2D eigenvalue weighted by molar-refractivity contribution is 7.19. The fraction of sp³-hybridized carbons (Fsp3) is 0.227. The fourth-order valence-corrected chi connectivity index (χ4v) is 4.47. The van der Waals surface area contributed by atoms with E-state index in [4.69, 9.17) is 15.4 Å². The van der Waals surface area contributed by atoms with Crippen LogP contribution in [0.15, 0.2) is 47.1 Å². The molecule has 2 aromatic heterocycles. The van der Waals surface area contributed by atoms with E-state index in [-0.39, 0.29) is 16.5 Å². The van der Waals surface area contributed by atoms with Gasteiger partial charge in [-0.2, -0.15) is 5.26 Å². The van der Waals surface area contributed by atoms with Gasteiger partial charge in [-0.1, -0.05) is 6.07 Å². The lowest BCUT2D eigenvalue weighted by Crippen LogP contribution is -2.28. The van der Waals surface area contributed by atoms with E-state index in [9.17, 15) is 9.59 Å². The number of nitrogens with one attached hydrogen (secondary N) is 2. The third-order valence-electron chi connectivity index (χ3n) is 5.01. The number of hydrogen-bond donors (Lipinski definition) is 3. The molecule has 4 rings (SSSR count). The lowest BCUT2D eigenvalue weighted by atomic mass is 10.2. The minimum absolute atomic E-state index is 0.151. The second-order valence-corrected chi connectivity index (χ2v) is 8.15. The van der Waals surface area contributed by atoms with E-state index in [1.807, 2.05) is 12.1 Å². The van der Waals surface area contributed by atoms with Gasteiger partial charge in [0.2, 0.25) is 0 Å². The molecule has 0 unspecified atom stereocenters. The molecule has 3 heterocycles. The predicted molar refractivity (Wildman–Crippen MR) is 119 cm³/mol. The van der Waals surface area contributed by atoms with Crippen LogP contribution in [0.5, 0.6) is 0 Å². The zero-order valence-corrected chi connectivity index (χ0v) is 17.5. The van der Waals surface area contributed by atoms with Crippen molar-refractivity contribution in [3.8, 4) is 6.07 Å². The number of anilines is 3. The van der Waals surface area contributed by atoms with Crippen molar-refractivity contribution in [3.63, 3.8) is 0 Å². The Morgan fingerprint density at radius 3 is 2.74 bits per heavy atom. The number of rotatable bonds is 6. The number of carbonyl (C=O) groups excluding carboxylic acids is 2. The van der Waals surface area contributed by atoms with Gasteiger partial charge in [-0.3, -0.25) is 9.59 Å². The summed E-state index contributed by atoms with van der Waals surface area (Å²) in [5.74, 6) is 0.0868. The van der Waals surface area contributed by atoms with Crippen LogP contribution in [0, 0.1) is 11.3 Å². The van der Waals surface area contributed by atoms with Crippen LogP contribution in [0.25, 0.3) is 0 Å². The number of thiophene rings is 1. The standard InChI is InChI=1S/C22H21N5O3S/c23-12-14-5-3-6-15(11-14)26-20(28)19-18(24)17(22(29)27-8-1-2-9-27)21(31-19)25-13-16-7-4-10-30-16/h3-7,10-11,25H,1-2,8-9,13,24H2,(H,26,28). The number of nitrogen functional groups attached to an aromatic ring is 1. The Morgan fingerprint density at radius 1 is 1.23 bits per heavy atom. The molecule has 1 saturated heterocycles. The Kier molecular flexibility index (Phi) is 5.91. The number of nitriles is 1. The molecule has 0 atom stereocenters. The minimum atomic E-state index is -0.431. The normalized spacial score (nSPS) is 13.1. The molecule has 2 amide bonds. The number of amides is 2. The average molecular weight is 436 g/mol. The summed E-state index contributed by atoms with van der Waals surface area (Å²) >= 11 is 1.13. The van der Waals surface area contributed by atoms with Crippen molar-refractivity contribution in [2.24, 2.45) is 0 Å². The summed E-state index contributed by atoms with van der Waals surface area (Å²) in [5.41, 5.74) is 7.70. The Balaban J connectivity index is 1.63. The topological polar surface area (TPSA) is 124 Å². The Bertz CT molecular complexity index is 1140. The molecule has 9 heteroatoms. The van der Waals surface area contributed by atoms with Gasteiger partial charge in [0.05, 0.1) is 35.7 Å². The van der Waals surface area contributed by atoms with Crippen LogP contribution < -0.4 is 16.4 Å². The second-order valence-electron chi connectivity index (χ2n) is 7.13. The molecule has 1 aliphatic rings. The number of furan rings is 1. The molecule has 158 valence electrons. The monoisotopic (exact) mass is 435 g/mol. The van der Waals surface area contributed by atoms with Crippen LogP contribution in [-0.2, 0) is 6.54 Å². The fourth-order valence-electron chi connectivity index (χ4n) is 3.46. The quantitative estimate of drug-likeness (QED) is 0.539. The molecule has 0 spiro atoms. The molecule has 0 aliphatic carbocycles. The molecule has 0 saturated carbocycles. The van der Waals surface area contributed by atoms with E-state index in [1.165, 1.54) is 0 Å². The highest BCUT2D eigenvalue weighted by Crippen LogP contribution is 2.38. The first-order chi connectivity index (χ1) is 15.1. The van der Waals surface area contributed by atoms with Crippen LogP contribution in [0.4, 0.5) is 16.4 Å². The molecule has 1 fully saturated rings. The summed E-state index contributed by atoms with van der Waals surface area (Å²) < 4.78 is 5.35. The maximum atomic E-state index is 13.1. The lowest BCUT2D eigenvalue weighted by molar-refractivity contribution is 0.0795. The third kappa shape index (κ3) is 4.39. The van der Waals surface area contributed by atoms with Crippen molar-refractivity contribution in [2.75, 3.05) is 29.5 Å². The number of hydrogen-bond acceptors (Lipinski definition) is 7. The number of nitrogens with zero attached hydrogens (tertiary/aromatic N) is 2. The van der Waals surface area contributed by atoms with Crippen molar-refractivity contribution in [1.29, 1.82) is 5.26 Å². The molecule has 3 aromatic rings. The second kappa shape index (κ2) is 8.93. The Hall–Kier alpha value is -3.77. The molecule has 1 aliphatic heterocycles. The lowest BCUT2D eigenvalue weighted by Gasteiger charge is -2.16. The van der Waals surface area contributed by atoms with Gasteiger partial charge >= 0.3 is 0 Å². The van der Waals surface area contributed by atoms with Crippen molar-refractivity contribution >= 4 is 39.5 Å². The van der Waals surface area contributed by atoms with E-state index in [2.05, 4.69) is 10.6 Å². The van der Waals surface area contributed by atoms with Crippen LogP contribution in [-0.4, -0.2) is 29.8 Å². The molecule has 4 N–H and O–H groups in total. The van der Waals surface area contributed by atoms with Gasteiger partial charge in [0.15, 0.2) is 0 Å². The number of likely N-dealkylation sites (tertiary alicyclic amines) is 1. The number of benzene rings is 1. The smallest absolute Gasteiger partial charge is 0.267 e. The average Bonchev–Trinajstić information content (AvgIpc) is 3.53. The van der Waals surface area contributed by atoms with Crippen molar-refractivity contribution in [3.05, 3.63) is 64.4 Å². The molecule has 1 aromatic carbocycles. The minimum Gasteiger partial charge on any atom is -0.467 e. The first-order valence-electron chi connectivity index (χ1n) is 9.86. The maximum absolute atomic E-state index is 13.1. The van der Waals surface area contributed by atoms with Crippen molar-refractivity contribution in [2.45, 2.75) is 19.4 Å². The summed E-state index contributed by atoms with van der Waals surface area (Å²) in [6.45, 7) is 1.71. The summed E-state index contributed by atoms with van der Waals surface area (Å²) in [5, 5.41) is 15.5. The summed E-state index contributed by atoms with van der Waals surface area (Å²) in [4.78, 5) is 28.1. The van der Waals surface area contributed by atoms with Gasteiger partial charge in [0, 0.05) is 18.8 Å². The van der Waals surface area contributed by atoms with Gasteiger partial charge in [0.25, 0.3) is 11.8 Å². The largest absolute Gasteiger partial charge is 0.467 e. The first-order valence-corrected chi connectivity index (χ1v) is 10.7. The zero-order chi connectivity index (χ0) is 21.8. The van der Waals surface area contributed by atoms with Gasteiger partial charge < -0.3 is 25.7 Å². The summed E-state index contributed by atoms with van der Waals surface area (Å²) in [6, 6.07) is 12.2. The van der Waals surface area contributed by atoms with E-state index < -0.39 is 5.91 Å². The van der Waals surface area contributed by atoms with Gasteiger partial charge in [-0.25, -0.2) is 0 Å². The van der Waals surface area contributed by atoms with Gasteiger partial charge in [-0.05, 0) is 43.2 Å². The molecule has 8 nitrogen and oxygen atoms in total. The van der Waals surface area contributed by atoms with Crippen molar-refractivity contribution in [1.82, 2.24) is 4.90 Å². The summed E-state index contributed by atoms with van der Waals surface area (Å²) in [7, 11) is 0. The number of nitrogens with two attached hydrogens (primary N) is 1. The molecule has 0 bridgehead atoms. The Morgan fingerprint density at radius 2 is 2.03 bits per heavy atom. The van der Waals surface area contributed by atoms with Gasteiger partial charge in [-0.15, -0.1) is 11.3 Å². The highest BCUT2D eigenvalue weighted by atomic mass is 32.1. The maximum Gasteiger partial charge on any atom is 0.267 e.